The summed E-state index contributed by atoms with van der Waals surface area (Å²) in [7, 11) is -8.15. The van der Waals surface area contributed by atoms with E-state index in [2.05, 4.69) is 65.5 Å². The Kier molecular flexibility index (Phi) is 6.63. The molecule has 1 atom stereocenters. The van der Waals surface area contributed by atoms with Crippen molar-refractivity contribution in [2.45, 2.75) is 59.3 Å². The zero-order chi connectivity index (χ0) is 16.4. The summed E-state index contributed by atoms with van der Waals surface area (Å²) in [5, 5.41) is 1.07. The molecule has 7 heteroatoms. The van der Waals surface area contributed by atoms with Crippen LogP contribution >= 0.6 is 0 Å². The zero-order valence-electron chi connectivity index (χ0n) is 14.7. The largest absolute Gasteiger partial charge is 0.437 e. The average Bonchev–Trinajstić information content (AvgIpc) is 2.09. The van der Waals surface area contributed by atoms with Crippen LogP contribution < -0.4 is 0 Å². The van der Waals surface area contributed by atoms with E-state index in [9.17, 15) is 0 Å². The molecule has 0 aliphatic carbocycles. The first-order chi connectivity index (χ1) is 8.63. The van der Waals surface area contributed by atoms with Gasteiger partial charge in [0.15, 0.2) is 8.32 Å². The van der Waals surface area contributed by atoms with Crippen molar-refractivity contribution in [1.29, 1.82) is 0 Å². The molecule has 0 spiro atoms. The minimum atomic E-state index is -2.27. The van der Waals surface area contributed by atoms with Gasteiger partial charge in [-0.2, -0.15) is 0 Å². The molecular weight excluding hydrogens is 316 g/mol. The second-order valence-electron chi connectivity index (χ2n) is 7.31. The molecule has 0 aromatic rings. The lowest BCUT2D eigenvalue weighted by Crippen LogP contribution is -2.56. The number of rotatable bonds is 8. The van der Waals surface area contributed by atoms with Crippen molar-refractivity contribution >= 4 is 33.8 Å². The van der Waals surface area contributed by atoms with E-state index in [0.717, 1.165) is 5.20 Å². The van der Waals surface area contributed by atoms with Crippen molar-refractivity contribution in [2.75, 3.05) is 0 Å². The summed E-state index contributed by atoms with van der Waals surface area (Å²) in [5.74, 6) is 0. The van der Waals surface area contributed by atoms with Crippen molar-refractivity contribution in [3.8, 4) is 0 Å². The number of hydrogen-bond acceptors (Lipinski definition) is 3. The lowest BCUT2D eigenvalue weighted by atomic mass is 10.8. The van der Waals surface area contributed by atoms with Crippen LogP contribution in [0, 0.1) is 0 Å². The Morgan fingerprint density at radius 2 is 1.20 bits per heavy atom. The molecule has 0 fully saturated rings. The van der Waals surface area contributed by atoms with Crippen LogP contribution in [-0.4, -0.2) is 33.8 Å². The molecule has 0 amide bonds. The summed E-state index contributed by atoms with van der Waals surface area (Å²) < 4.78 is 19.0. The van der Waals surface area contributed by atoms with E-state index in [0.29, 0.717) is 0 Å². The molecule has 0 bridgehead atoms. The van der Waals surface area contributed by atoms with Crippen LogP contribution in [0.2, 0.25) is 52.4 Å². The molecule has 0 aromatic heterocycles. The monoisotopic (exact) mass is 348 g/mol. The van der Waals surface area contributed by atoms with E-state index < -0.39 is 33.8 Å². The molecule has 0 saturated heterocycles. The zero-order valence-corrected chi connectivity index (χ0v) is 18.7. The van der Waals surface area contributed by atoms with Crippen molar-refractivity contribution < 1.29 is 12.3 Å². The van der Waals surface area contributed by atoms with E-state index in [1.807, 2.05) is 12.6 Å². The van der Waals surface area contributed by atoms with Gasteiger partial charge in [0.1, 0.15) is 0 Å². The van der Waals surface area contributed by atoms with Crippen molar-refractivity contribution in [1.82, 2.24) is 0 Å². The highest BCUT2D eigenvalue weighted by Crippen LogP contribution is 2.26. The predicted octanol–water partition coefficient (Wildman–Crippen LogP) is 4.69. The molecule has 0 aromatic carbocycles. The number of allylic oxidation sites excluding steroid dienone is 1. The lowest BCUT2D eigenvalue weighted by molar-refractivity contribution is 0.332. The minimum absolute atomic E-state index is 1.07. The van der Waals surface area contributed by atoms with E-state index in [4.69, 9.17) is 12.3 Å². The Morgan fingerprint density at radius 1 is 0.800 bits per heavy atom. The van der Waals surface area contributed by atoms with Crippen molar-refractivity contribution in [3.05, 3.63) is 24.1 Å². The second-order valence-corrected chi connectivity index (χ2v) is 23.1. The van der Waals surface area contributed by atoms with Crippen LogP contribution in [0.15, 0.2) is 24.1 Å². The van der Waals surface area contributed by atoms with Crippen LogP contribution in [0.3, 0.4) is 0 Å². The van der Waals surface area contributed by atoms with E-state index in [1.165, 1.54) is 0 Å². The molecule has 118 valence electrons. The highest BCUT2D eigenvalue weighted by molar-refractivity contribution is 6.93. The van der Waals surface area contributed by atoms with Gasteiger partial charge in [-0.05, 0) is 59.3 Å². The maximum atomic E-state index is 6.39. The van der Waals surface area contributed by atoms with E-state index in [-0.39, 0.29) is 0 Å². The first kappa shape index (κ1) is 20.2. The van der Waals surface area contributed by atoms with Gasteiger partial charge in [0.2, 0.25) is 8.32 Å². The summed E-state index contributed by atoms with van der Waals surface area (Å²) in [6, 6.07) is 0. The smallest absolute Gasteiger partial charge is 0.313 e. The van der Waals surface area contributed by atoms with Crippen LogP contribution in [0.1, 0.15) is 6.92 Å². The average molecular weight is 349 g/mol. The third kappa shape index (κ3) is 7.30. The maximum Gasteiger partial charge on any atom is 0.313 e. The molecule has 0 heterocycles. The van der Waals surface area contributed by atoms with Crippen LogP contribution in [0.5, 0.6) is 0 Å². The Bertz CT molecular complexity index is 374. The quantitative estimate of drug-likeness (QED) is 0.595. The van der Waals surface area contributed by atoms with Gasteiger partial charge in [0.25, 0.3) is 0 Å². The topological polar surface area (TPSA) is 27.7 Å². The Labute approximate surface area is 129 Å². The highest BCUT2D eigenvalue weighted by Gasteiger charge is 2.43. The van der Waals surface area contributed by atoms with Gasteiger partial charge in [-0.1, -0.05) is 10.9 Å². The van der Waals surface area contributed by atoms with Crippen molar-refractivity contribution in [2.24, 2.45) is 0 Å². The lowest BCUT2D eigenvalue weighted by Gasteiger charge is -2.40. The van der Waals surface area contributed by atoms with Crippen LogP contribution in [-0.2, 0) is 12.3 Å². The van der Waals surface area contributed by atoms with Gasteiger partial charge in [-0.3, -0.25) is 0 Å². The SMILES string of the molecule is C=C[Si](C)(O[Si](C)(C)O[Si](C)(C)O[Si](C)(C)C)C(=C)C. The molecular formula is C13H32O3Si4. The summed E-state index contributed by atoms with van der Waals surface area (Å²) in [6.07, 6.45) is 0. The molecule has 0 N–H and O–H groups in total. The summed E-state index contributed by atoms with van der Waals surface area (Å²) in [6.45, 7) is 27.1. The first-order valence-corrected chi connectivity index (χ1v) is 18.6. The molecule has 20 heavy (non-hydrogen) atoms. The highest BCUT2D eigenvalue weighted by atomic mass is 28.5. The maximum absolute atomic E-state index is 6.39. The Balaban J connectivity index is 4.99. The fourth-order valence-corrected chi connectivity index (χ4v) is 19.4. The van der Waals surface area contributed by atoms with E-state index >= 15 is 0 Å². The summed E-state index contributed by atoms with van der Waals surface area (Å²) >= 11 is 0. The molecule has 3 nitrogen and oxygen atoms in total. The molecule has 0 rings (SSSR count). The van der Waals surface area contributed by atoms with Gasteiger partial charge in [-0.15, -0.1) is 13.2 Å². The fourth-order valence-electron chi connectivity index (χ4n) is 2.18. The predicted molar refractivity (Wildman–Crippen MR) is 98.2 cm³/mol. The summed E-state index contributed by atoms with van der Waals surface area (Å²) in [5.41, 5.74) is 1.93. The molecule has 1 unspecified atom stereocenters. The van der Waals surface area contributed by atoms with Gasteiger partial charge in [-0.25, -0.2) is 0 Å². The normalized spacial score (nSPS) is 16.6. The van der Waals surface area contributed by atoms with Gasteiger partial charge >= 0.3 is 17.1 Å². The fraction of sp³-hybridized carbons (Fsp3) is 0.692. The Morgan fingerprint density at radius 3 is 1.50 bits per heavy atom. The number of hydrogen-bond donors (Lipinski definition) is 0. The van der Waals surface area contributed by atoms with Crippen molar-refractivity contribution in [3.63, 3.8) is 0 Å². The minimum Gasteiger partial charge on any atom is -0.437 e. The first-order valence-electron chi connectivity index (χ1n) is 7.03. The van der Waals surface area contributed by atoms with Gasteiger partial charge < -0.3 is 12.3 Å². The molecule has 0 saturated carbocycles. The molecule has 0 aliphatic rings. The van der Waals surface area contributed by atoms with Crippen LogP contribution in [0.25, 0.3) is 0 Å². The van der Waals surface area contributed by atoms with E-state index in [1.54, 1.807) is 0 Å². The third-order valence-corrected chi connectivity index (χ3v) is 17.2. The third-order valence-electron chi connectivity index (χ3n) is 2.74. The standard InChI is InChI=1S/C13H32O3Si4/c1-12-20(11,13(2)3)16-19(9,10)15-18(7,8)14-17(4,5)6/h12H,1-2H2,3-11H3. The molecule has 0 aliphatic heterocycles. The van der Waals surface area contributed by atoms with Gasteiger partial charge in [0.05, 0.1) is 0 Å². The van der Waals surface area contributed by atoms with Crippen LogP contribution in [0.4, 0.5) is 0 Å². The molecule has 0 radical (unpaired) electrons. The Hall–Kier alpha value is 0.228. The second kappa shape index (κ2) is 6.55. The summed E-state index contributed by atoms with van der Waals surface area (Å²) in [4.78, 5) is 0. The van der Waals surface area contributed by atoms with Gasteiger partial charge in [0, 0.05) is 0 Å².